The number of hydrazone groups is 1. The summed E-state index contributed by atoms with van der Waals surface area (Å²) in [7, 11) is 0. The number of hydrogen-bond donors (Lipinski definition) is 2. The number of amides is 2. The SMILES string of the molecule is O=C(NN=Cc1ccccc1O)[C@H]1CCCN1C(=O)c1ccc([N+](=O)[O-])cc1. The monoisotopic (exact) mass is 382 g/mol. The molecule has 1 saturated heterocycles. The van der Waals surface area contributed by atoms with Crippen molar-refractivity contribution in [1.29, 1.82) is 0 Å². The van der Waals surface area contributed by atoms with Crippen molar-refractivity contribution >= 4 is 23.7 Å². The Balaban J connectivity index is 1.66. The summed E-state index contributed by atoms with van der Waals surface area (Å²) in [5.41, 5.74) is 3.02. The number of nitrogens with one attached hydrogen (secondary N) is 1. The number of nitrogens with zero attached hydrogens (tertiary/aromatic N) is 3. The predicted octanol–water partition coefficient (Wildman–Crippen LogP) is 2.06. The molecule has 9 heteroatoms. The molecule has 9 nitrogen and oxygen atoms in total. The maximum absolute atomic E-state index is 12.7. The Morgan fingerprint density at radius 3 is 2.61 bits per heavy atom. The zero-order chi connectivity index (χ0) is 20.1. The lowest BCUT2D eigenvalue weighted by atomic mass is 10.1. The molecule has 1 heterocycles. The summed E-state index contributed by atoms with van der Waals surface area (Å²) in [6.07, 6.45) is 2.49. The Kier molecular flexibility index (Phi) is 5.64. The topological polar surface area (TPSA) is 125 Å². The number of carbonyl (C=O) groups is 2. The molecular formula is C19H18N4O5. The molecule has 28 heavy (non-hydrogen) atoms. The Hall–Kier alpha value is -3.75. The highest BCUT2D eigenvalue weighted by Gasteiger charge is 2.34. The molecule has 1 atom stereocenters. The van der Waals surface area contributed by atoms with Gasteiger partial charge in [0.05, 0.1) is 11.1 Å². The van der Waals surface area contributed by atoms with Gasteiger partial charge in [0.2, 0.25) is 0 Å². The van der Waals surface area contributed by atoms with Crippen LogP contribution in [0.2, 0.25) is 0 Å². The summed E-state index contributed by atoms with van der Waals surface area (Å²) in [6.45, 7) is 0.414. The Bertz CT molecular complexity index is 926. The fraction of sp³-hybridized carbons (Fsp3) is 0.211. The number of nitro groups is 1. The fourth-order valence-corrected chi connectivity index (χ4v) is 3.01. The number of non-ortho nitro benzene ring substituents is 1. The van der Waals surface area contributed by atoms with E-state index in [1.165, 1.54) is 41.4 Å². The smallest absolute Gasteiger partial charge is 0.269 e. The summed E-state index contributed by atoms with van der Waals surface area (Å²) in [5, 5.41) is 24.3. The van der Waals surface area contributed by atoms with Crippen LogP contribution in [0.3, 0.4) is 0 Å². The Labute approximate surface area is 160 Å². The van der Waals surface area contributed by atoms with Gasteiger partial charge in [-0.1, -0.05) is 12.1 Å². The number of carbonyl (C=O) groups excluding carboxylic acids is 2. The average Bonchev–Trinajstić information content (AvgIpc) is 3.19. The lowest BCUT2D eigenvalue weighted by Crippen LogP contribution is -2.44. The van der Waals surface area contributed by atoms with Crippen molar-refractivity contribution in [2.24, 2.45) is 5.10 Å². The number of likely N-dealkylation sites (tertiary alicyclic amines) is 1. The van der Waals surface area contributed by atoms with Crippen molar-refractivity contribution < 1.29 is 19.6 Å². The van der Waals surface area contributed by atoms with Crippen LogP contribution < -0.4 is 5.43 Å². The van der Waals surface area contributed by atoms with Crippen LogP contribution in [0, 0.1) is 10.1 Å². The third-order valence-electron chi connectivity index (χ3n) is 4.46. The van der Waals surface area contributed by atoms with Gasteiger partial charge in [-0.2, -0.15) is 5.10 Å². The van der Waals surface area contributed by atoms with Gasteiger partial charge in [-0.25, -0.2) is 5.43 Å². The third-order valence-corrected chi connectivity index (χ3v) is 4.46. The van der Waals surface area contributed by atoms with E-state index in [1.54, 1.807) is 18.2 Å². The fourth-order valence-electron chi connectivity index (χ4n) is 3.01. The molecule has 3 rings (SSSR count). The minimum Gasteiger partial charge on any atom is -0.507 e. The molecule has 0 aromatic heterocycles. The summed E-state index contributed by atoms with van der Waals surface area (Å²) in [6, 6.07) is 11.1. The number of rotatable bonds is 5. The highest BCUT2D eigenvalue weighted by atomic mass is 16.6. The number of phenols is 1. The standard InChI is InChI=1S/C19H18N4O5/c24-17-6-2-1-4-14(17)12-20-21-18(25)16-5-3-11-22(16)19(26)13-7-9-15(10-8-13)23(27)28/h1-2,4,6-10,12,16,24H,3,5,11H2,(H,21,25)/t16-/m1/s1. The molecule has 1 fully saturated rings. The summed E-state index contributed by atoms with van der Waals surface area (Å²) in [5.74, 6) is -0.756. The normalized spacial score (nSPS) is 16.3. The van der Waals surface area contributed by atoms with Gasteiger partial charge >= 0.3 is 0 Å². The molecule has 2 aromatic carbocycles. The molecule has 0 unspecified atom stereocenters. The molecule has 0 bridgehead atoms. The first-order valence-corrected chi connectivity index (χ1v) is 8.63. The van der Waals surface area contributed by atoms with Crippen molar-refractivity contribution in [3.05, 3.63) is 69.8 Å². The van der Waals surface area contributed by atoms with Crippen LogP contribution in [-0.4, -0.2) is 45.5 Å². The van der Waals surface area contributed by atoms with E-state index in [0.29, 0.717) is 24.9 Å². The molecular weight excluding hydrogens is 364 g/mol. The second-order valence-corrected chi connectivity index (χ2v) is 6.25. The maximum Gasteiger partial charge on any atom is 0.269 e. The molecule has 0 radical (unpaired) electrons. The van der Waals surface area contributed by atoms with Crippen LogP contribution in [0.4, 0.5) is 5.69 Å². The van der Waals surface area contributed by atoms with E-state index >= 15 is 0 Å². The first-order valence-electron chi connectivity index (χ1n) is 8.63. The van der Waals surface area contributed by atoms with Gasteiger partial charge in [-0.15, -0.1) is 0 Å². The van der Waals surface area contributed by atoms with Crippen molar-refractivity contribution in [1.82, 2.24) is 10.3 Å². The van der Waals surface area contributed by atoms with Crippen LogP contribution in [0.5, 0.6) is 5.75 Å². The van der Waals surface area contributed by atoms with Gasteiger partial charge in [0.15, 0.2) is 0 Å². The second kappa shape index (κ2) is 8.30. The van der Waals surface area contributed by atoms with Crippen LogP contribution in [0.15, 0.2) is 53.6 Å². The van der Waals surface area contributed by atoms with E-state index in [2.05, 4.69) is 10.5 Å². The third kappa shape index (κ3) is 4.14. The van der Waals surface area contributed by atoms with Gasteiger partial charge < -0.3 is 10.0 Å². The van der Waals surface area contributed by atoms with E-state index in [0.717, 1.165) is 0 Å². The molecule has 0 spiro atoms. The van der Waals surface area contributed by atoms with E-state index < -0.39 is 16.9 Å². The first kappa shape index (κ1) is 19.0. The molecule has 2 aromatic rings. The predicted molar refractivity (Wildman–Crippen MR) is 101 cm³/mol. The molecule has 0 aliphatic carbocycles. The van der Waals surface area contributed by atoms with Gasteiger partial charge in [0.25, 0.3) is 17.5 Å². The highest BCUT2D eigenvalue weighted by molar-refractivity contribution is 5.98. The largest absolute Gasteiger partial charge is 0.507 e. The first-order chi connectivity index (χ1) is 13.5. The zero-order valence-corrected chi connectivity index (χ0v) is 14.8. The van der Waals surface area contributed by atoms with Crippen LogP contribution in [0.25, 0.3) is 0 Å². The highest BCUT2D eigenvalue weighted by Crippen LogP contribution is 2.22. The van der Waals surface area contributed by atoms with E-state index in [-0.39, 0.29) is 22.9 Å². The minimum absolute atomic E-state index is 0.0383. The van der Waals surface area contributed by atoms with Crippen LogP contribution in [-0.2, 0) is 4.79 Å². The molecule has 144 valence electrons. The average molecular weight is 382 g/mol. The number of nitro benzene ring substituents is 1. The summed E-state index contributed by atoms with van der Waals surface area (Å²) < 4.78 is 0. The zero-order valence-electron chi connectivity index (χ0n) is 14.8. The number of para-hydroxylation sites is 1. The quantitative estimate of drug-likeness (QED) is 0.465. The van der Waals surface area contributed by atoms with Crippen molar-refractivity contribution in [3.8, 4) is 5.75 Å². The number of hydrogen-bond acceptors (Lipinski definition) is 6. The van der Waals surface area contributed by atoms with Gasteiger partial charge in [-0.05, 0) is 37.1 Å². The van der Waals surface area contributed by atoms with Gasteiger partial charge in [-0.3, -0.25) is 19.7 Å². The number of benzene rings is 2. The lowest BCUT2D eigenvalue weighted by molar-refractivity contribution is -0.384. The maximum atomic E-state index is 12.7. The molecule has 1 aliphatic rings. The van der Waals surface area contributed by atoms with E-state index in [1.807, 2.05) is 0 Å². The van der Waals surface area contributed by atoms with Gasteiger partial charge in [0.1, 0.15) is 11.8 Å². The van der Waals surface area contributed by atoms with Crippen molar-refractivity contribution in [2.75, 3.05) is 6.54 Å². The molecule has 0 saturated carbocycles. The number of phenolic OH excluding ortho intramolecular Hbond substituents is 1. The van der Waals surface area contributed by atoms with Crippen molar-refractivity contribution in [3.63, 3.8) is 0 Å². The molecule has 2 amide bonds. The summed E-state index contributed by atoms with van der Waals surface area (Å²) >= 11 is 0. The van der Waals surface area contributed by atoms with Crippen LogP contribution in [0.1, 0.15) is 28.8 Å². The molecule has 2 N–H and O–H groups in total. The van der Waals surface area contributed by atoms with Gasteiger partial charge in [0, 0.05) is 29.8 Å². The number of aromatic hydroxyl groups is 1. The summed E-state index contributed by atoms with van der Waals surface area (Å²) in [4.78, 5) is 36.8. The van der Waals surface area contributed by atoms with Crippen LogP contribution >= 0.6 is 0 Å². The Morgan fingerprint density at radius 2 is 1.93 bits per heavy atom. The molecule has 1 aliphatic heterocycles. The Morgan fingerprint density at radius 1 is 1.21 bits per heavy atom. The lowest BCUT2D eigenvalue weighted by Gasteiger charge is -2.23. The van der Waals surface area contributed by atoms with E-state index in [4.69, 9.17) is 0 Å². The minimum atomic E-state index is -0.677. The van der Waals surface area contributed by atoms with Crippen molar-refractivity contribution in [2.45, 2.75) is 18.9 Å². The van der Waals surface area contributed by atoms with E-state index in [9.17, 15) is 24.8 Å². The second-order valence-electron chi connectivity index (χ2n) is 6.25.